The maximum atomic E-state index is 12.0. The maximum absolute atomic E-state index is 12.0. The highest BCUT2D eigenvalue weighted by atomic mass is 32.1. The number of hydrogen-bond acceptors (Lipinski definition) is 2. The van der Waals surface area contributed by atoms with Gasteiger partial charge in [0.25, 0.3) is 0 Å². The van der Waals surface area contributed by atoms with Gasteiger partial charge in [-0.2, -0.15) is 0 Å². The lowest BCUT2D eigenvalue weighted by atomic mass is 9.97. The quantitative estimate of drug-likeness (QED) is 0.392. The first-order chi connectivity index (χ1) is 11.7. The highest BCUT2D eigenvalue weighted by Gasteiger charge is 2.18. The van der Waals surface area contributed by atoms with Crippen molar-refractivity contribution in [2.45, 2.75) is 18.2 Å². The largest absolute Gasteiger partial charge is 0.425 e. The number of ether oxygens (including phenoxy) is 1. The van der Waals surface area contributed by atoms with Gasteiger partial charge in [0.2, 0.25) is 0 Å². The fourth-order valence-electron chi connectivity index (χ4n) is 2.59. The van der Waals surface area contributed by atoms with Gasteiger partial charge >= 0.3 is 5.97 Å². The molecule has 0 bridgehead atoms. The van der Waals surface area contributed by atoms with Crippen molar-refractivity contribution in [2.75, 3.05) is 0 Å². The maximum Gasteiger partial charge on any atom is 0.310 e. The lowest BCUT2D eigenvalue weighted by Crippen LogP contribution is -2.08. The van der Waals surface area contributed by atoms with Crippen LogP contribution in [-0.4, -0.2) is 5.97 Å². The topological polar surface area (TPSA) is 26.3 Å². The Morgan fingerprint density at radius 1 is 0.875 bits per heavy atom. The second-order valence-corrected chi connectivity index (χ2v) is 6.04. The molecule has 0 aliphatic carbocycles. The number of rotatable bonds is 4. The standard InChI is InChI=1S/C21H18O2S/c1-2-20(22)23-21-18(15-9-5-3-6-10-15)13-17(24)14-19(21)16-11-7-4-8-12-16/h3-14,24H,2H2,1H3/p+1. The van der Waals surface area contributed by atoms with Crippen LogP contribution in [-0.2, 0) is 17.4 Å². The molecule has 0 fully saturated rings. The molecule has 0 N–H and O–H groups in total. The lowest BCUT2D eigenvalue weighted by molar-refractivity contribution is -0.133. The molecule has 2 nitrogen and oxygen atoms in total. The van der Waals surface area contributed by atoms with Crippen LogP contribution in [0, 0.1) is 0 Å². The van der Waals surface area contributed by atoms with Gasteiger partial charge < -0.3 is 4.74 Å². The van der Waals surface area contributed by atoms with Crippen LogP contribution in [0.15, 0.2) is 77.7 Å². The Bertz CT molecular complexity index is 782. The molecule has 0 amide bonds. The first kappa shape index (κ1) is 16.3. The molecule has 24 heavy (non-hydrogen) atoms. The van der Waals surface area contributed by atoms with Gasteiger partial charge in [0.15, 0.2) is 4.90 Å². The summed E-state index contributed by atoms with van der Waals surface area (Å²) in [5.41, 5.74) is 3.80. The molecule has 0 aliphatic rings. The second kappa shape index (κ2) is 7.37. The predicted molar refractivity (Wildman–Crippen MR) is 102 cm³/mol. The molecule has 3 aromatic carbocycles. The summed E-state index contributed by atoms with van der Waals surface area (Å²) in [6.07, 6.45) is 0.331. The summed E-state index contributed by atoms with van der Waals surface area (Å²) in [5.74, 6) is 0.354. The van der Waals surface area contributed by atoms with E-state index >= 15 is 0 Å². The van der Waals surface area contributed by atoms with E-state index in [2.05, 4.69) is 12.6 Å². The van der Waals surface area contributed by atoms with Crippen molar-refractivity contribution in [3.63, 3.8) is 0 Å². The normalized spacial score (nSPS) is 10.4. The van der Waals surface area contributed by atoms with Crippen molar-refractivity contribution in [3.8, 4) is 28.0 Å². The van der Waals surface area contributed by atoms with E-state index in [0.29, 0.717) is 12.2 Å². The molecule has 0 radical (unpaired) electrons. The van der Waals surface area contributed by atoms with Crippen LogP contribution in [0.1, 0.15) is 13.3 Å². The predicted octanol–water partition coefficient (Wildman–Crippen LogP) is 4.71. The van der Waals surface area contributed by atoms with Crippen LogP contribution < -0.4 is 4.74 Å². The van der Waals surface area contributed by atoms with Gasteiger partial charge in [0.05, 0.1) is 0 Å². The van der Waals surface area contributed by atoms with Crippen molar-refractivity contribution >= 4 is 18.6 Å². The fourth-order valence-corrected chi connectivity index (χ4v) is 2.88. The second-order valence-electron chi connectivity index (χ2n) is 5.46. The van der Waals surface area contributed by atoms with Crippen LogP contribution in [0.2, 0.25) is 0 Å². The van der Waals surface area contributed by atoms with E-state index in [1.54, 1.807) is 6.92 Å². The van der Waals surface area contributed by atoms with E-state index in [1.165, 1.54) is 0 Å². The Kier molecular flexibility index (Phi) is 5.02. The van der Waals surface area contributed by atoms with Gasteiger partial charge in [0.1, 0.15) is 5.75 Å². The first-order valence-electron chi connectivity index (χ1n) is 7.90. The van der Waals surface area contributed by atoms with Gasteiger partial charge in [-0.3, -0.25) is 4.79 Å². The zero-order valence-electron chi connectivity index (χ0n) is 13.5. The molecule has 0 heterocycles. The molecular formula is C21H19O2S+. The molecule has 0 unspecified atom stereocenters. The molecule has 0 aliphatic heterocycles. The third-order valence-electron chi connectivity index (χ3n) is 3.76. The van der Waals surface area contributed by atoms with E-state index in [0.717, 1.165) is 27.1 Å². The average Bonchev–Trinajstić information content (AvgIpc) is 2.64. The van der Waals surface area contributed by atoms with Crippen LogP contribution in [0.3, 0.4) is 0 Å². The van der Waals surface area contributed by atoms with E-state index in [1.807, 2.05) is 72.8 Å². The van der Waals surface area contributed by atoms with Crippen molar-refractivity contribution < 1.29 is 9.53 Å². The van der Waals surface area contributed by atoms with Crippen molar-refractivity contribution in [1.29, 1.82) is 0 Å². The molecule has 0 spiro atoms. The summed E-state index contributed by atoms with van der Waals surface area (Å²) < 4.78 is 5.73. The zero-order chi connectivity index (χ0) is 16.9. The minimum atomic E-state index is -0.244. The minimum Gasteiger partial charge on any atom is -0.425 e. The van der Waals surface area contributed by atoms with Gasteiger partial charge in [-0.1, -0.05) is 67.6 Å². The number of benzene rings is 3. The Balaban J connectivity index is 2.25. The molecule has 0 saturated carbocycles. The highest BCUT2D eigenvalue weighted by Crippen LogP contribution is 2.40. The molecule has 3 rings (SSSR count). The smallest absolute Gasteiger partial charge is 0.310 e. The number of esters is 1. The number of hydrogen-bond donors (Lipinski definition) is 0. The lowest BCUT2D eigenvalue weighted by Gasteiger charge is -2.15. The highest BCUT2D eigenvalue weighted by molar-refractivity contribution is 7.58. The third kappa shape index (κ3) is 3.52. The fraction of sp³-hybridized carbons (Fsp3) is 0.0952. The third-order valence-corrected chi connectivity index (χ3v) is 4.05. The molecule has 0 aromatic heterocycles. The molecule has 3 heteroatoms. The number of carbonyl (C=O) groups excluding carboxylic acids is 1. The first-order valence-corrected chi connectivity index (χ1v) is 8.40. The van der Waals surface area contributed by atoms with Gasteiger partial charge in [0, 0.05) is 29.7 Å². The minimum absolute atomic E-state index is 0.244. The van der Waals surface area contributed by atoms with E-state index in [4.69, 9.17) is 4.74 Å². The summed E-state index contributed by atoms with van der Waals surface area (Å²) in [6, 6.07) is 23.9. The van der Waals surface area contributed by atoms with Crippen molar-refractivity contribution in [3.05, 3.63) is 72.8 Å². The van der Waals surface area contributed by atoms with Gasteiger partial charge in [-0.15, -0.1) is 0 Å². The Hall–Kier alpha value is -2.52. The van der Waals surface area contributed by atoms with Gasteiger partial charge in [-0.05, 0) is 23.8 Å². The molecule has 3 aromatic rings. The van der Waals surface area contributed by atoms with Crippen molar-refractivity contribution in [1.82, 2.24) is 0 Å². The summed E-state index contributed by atoms with van der Waals surface area (Å²) in [7, 11) is 0. The van der Waals surface area contributed by atoms with Crippen LogP contribution in [0.5, 0.6) is 5.75 Å². The van der Waals surface area contributed by atoms with Crippen LogP contribution in [0.25, 0.3) is 22.3 Å². The summed E-state index contributed by atoms with van der Waals surface area (Å²) >= 11 is 3.64. The van der Waals surface area contributed by atoms with E-state index in [-0.39, 0.29) is 5.97 Å². The van der Waals surface area contributed by atoms with Crippen molar-refractivity contribution in [2.24, 2.45) is 0 Å². The summed E-state index contributed by atoms with van der Waals surface area (Å²) in [4.78, 5) is 12.9. The molecule has 0 atom stereocenters. The Labute approximate surface area is 147 Å². The Morgan fingerprint density at radius 3 is 1.75 bits per heavy atom. The van der Waals surface area contributed by atoms with E-state index < -0.39 is 0 Å². The van der Waals surface area contributed by atoms with E-state index in [9.17, 15) is 4.79 Å². The van der Waals surface area contributed by atoms with Crippen LogP contribution >= 0.6 is 0 Å². The van der Waals surface area contributed by atoms with Crippen LogP contribution in [0.4, 0.5) is 0 Å². The molecule has 120 valence electrons. The Morgan fingerprint density at radius 2 is 1.33 bits per heavy atom. The number of carbonyl (C=O) groups is 1. The summed E-state index contributed by atoms with van der Waals surface area (Å²) in [5, 5.41) is 0. The monoisotopic (exact) mass is 335 g/mol. The SMILES string of the molecule is CCC(=O)Oc1c(-c2ccccc2)cc([SH2+])cc1-c1ccccc1. The van der Waals surface area contributed by atoms with Gasteiger partial charge in [-0.25, -0.2) is 0 Å². The molecular weight excluding hydrogens is 316 g/mol. The zero-order valence-corrected chi connectivity index (χ0v) is 14.5. The summed E-state index contributed by atoms with van der Waals surface area (Å²) in [6.45, 7) is 1.80. The average molecular weight is 335 g/mol. The molecule has 0 saturated heterocycles.